The van der Waals surface area contributed by atoms with Gasteiger partial charge in [0.25, 0.3) is 6.48 Å². The van der Waals surface area contributed by atoms with Gasteiger partial charge in [0, 0.05) is 61.6 Å². The van der Waals surface area contributed by atoms with Crippen LogP contribution in [0.5, 0.6) is 0 Å². The Hall–Kier alpha value is -1.20. The third kappa shape index (κ3) is 10.0. The molecule has 0 amide bonds. The van der Waals surface area contributed by atoms with Crippen molar-refractivity contribution in [2.75, 3.05) is 64.0 Å². The van der Waals surface area contributed by atoms with Crippen molar-refractivity contribution in [2.45, 2.75) is 147 Å². The highest BCUT2D eigenvalue weighted by molar-refractivity contribution is 5.19. The number of ether oxygens (including phenoxy) is 9. The Balaban J connectivity index is 0.000000110. The Morgan fingerprint density at radius 1 is 0.397 bits per heavy atom. The zero-order chi connectivity index (χ0) is 44.2. The predicted molar refractivity (Wildman–Crippen MR) is 246 cm³/mol. The third-order valence-electron chi connectivity index (χ3n) is 20.3. The lowest BCUT2D eigenvalue weighted by Gasteiger charge is -2.32. The maximum Gasteiger partial charge on any atom is 0.270 e. The lowest BCUT2D eigenvalue weighted by molar-refractivity contribution is -0.252. The fourth-order valence-electron chi connectivity index (χ4n) is 18.3. The Morgan fingerprint density at radius 3 is 1.37 bits per heavy atom. The topological polar surface area (TPSA) is 83.1 Å². The van der Waals surface area contributed by atoms with E-state index in [0.29, 0.717) is 11.8 Å². The van der Waals surface area contributed by atoms with E-state index in [1.807, 2.05) is 12.5 Å². The lowest BCUT2D eigenvalue weighted by Crippen LogP contribution is -2.32. The molecular formula is C54H90O9. The minimum absolute atomic E-state index is 0.0509. The average molecular weight is 883 g/mol. The minimum Gasteiger partial charge on any atom is -0.504 e. The van der Waals surface area contributed by atoms with E-state index in [0.717, 1.165) is 94.7 Å². The molecule has 0 heterocycles. The molecule has 0 N–H and O–H groups in total. The number of hydrogen-bond donors (Lipinski definition) is 0. The number of methoxy groups -OCH3 is 9. The van der Waals surface area contributed by atoms with Crippen LogP contribution in [0.4, 0.5) is 0 Å². The van der Waals surface area contributed by atoms with E-state index < -0.39 is 6.48 Å². The molecule has 0 saturated heterocycles. The first-order valence-electron chi connectivity index (χ1n) is 25.9. The summed E-state index contributed by atoms with van der Waals surface area (Å²) in [6.07, 6.45) is 33.2. The summed E-state index contributed by atoms with van der Waals surface area (Å²) in [6, 6.07) is 0. The van der Waals surface area contributed by atoms with Crippen LogP contribution in [0.2, 0.25) is 0 Å². The van der Waals surface area contributed by atoms with E-state index in [2.05, 4.69) is 14.2 Å². The van der Waals surface area contributed by atoms with Gasteiger partial charge in [-0.2, -0.15) is 0 Å². The molecule has 12 aliphatic carbocycles. The van der Waals surface area contributed by atoms with Crippen LogP contribution in [-0.2, 0) is 42.6 Å². The molecule has 8 bridgehead atoms. The third-order valence-corrected chi connectivity index (χ3v) is 20.3. The molecule has 9 nitrogen and oxygen atoms in total. The summed E-state index contributed by atoms with van der Waals surface area (Å²) >= 11 is 0. The van der Waals surface area contributed by atoms with Crippen LogP contribution in [0.3, 0.4) is 0 Å². The van der Waals surface area contributed by atoms with Gasteiger partial charge in [0.15, 0.2) is 12.6 Å². The van der Waals surface area contributed by atoms with Gasteiger partial charge in [-0.05, 0) is 234 Å². The van der Waals surface area contributed by atoms with Crippen molar-refractivity contribution in [3.05, 3.63) is 23.7 Å². The highest BCUT2D eigenvalue weighted by Crippen LogP contribution is 2.64. The molecule has 12 rings (SSSR count). The molecule has 0 spiro atoms. The van der Waals surface area contributed by atoms with Crippen LogP contribution < -0.4 is 0 Å². The van der Waals surface area contributed by atoms with Crippen molar-refractivity contribution < 1.29 is 42.6 Å². The maximum atomic E-state index is 5.48. The van der Waals surface area contributed by atoms with E-state index in [1.165, 1.54) is 143 Å². The van der Waals surface area contributed by atoms with Crippen LogP contribution in [0.1, 0.15) is 128 Å². The summed E-state index contributed by atoms with van der Waals surface area (Å²) in [5, 5.41) is 0. The van der Waals surface area contributed by atoms with Crippen molar-refractivity contribution in [3.63, 3.8) is 0 Å². The van der Waals surface area contributed by atoms with Crippen LogP contribution in [0.25, 0.3) is 0 Å². The summed E-state index contributed by atoms with van der Waals surface area (Å²) in [5.41, 5.74) is 3.20. The maximum absolute atomic E-state index is 5.48. The van der Waals surface area contributed by atoms with Crippen LogP contribution in [0, 0.1) is 107 Å². The van der Waals surface area contributed by atoms with E-state index in [9.17, 15) is 0 Å². The molecule has 0 aromatic rings. The fraction of sp³-hybridized carbons (Fsp3) is 0.926. The predicted octanol–water partition coefficient (Wildman–Crippen LogP) is 11.5. The molecule has 0 aliphatic heterocycles. The molecule has 63 heavy (non-hydrogen) atoms. The number of rotatable bonds is 11. The average Bonchev–Trinajstić information content (AvgIpc) is 4.15. The summed E-state index contributed by atoms with van der Waals surface area (Å²) in [5.74, 6) is 17.8. The zero-order valence-corrected chi connectivity index (χ0v) is 41.1. The first-order valence-corrected chi connectivity index (χ1v) is 25.9. The van der Waals surface area contributed by atoms with Crippen molar-refractivity contribution in [3.8, 4) is 0 Å². The van der Waals surface area contributed by atoms with Gasteiger partial charge in [-0.1, -0.05) is 0 Å². The van der Waals surface area contributed by atoms with Gasteiger partial charge in [0.2, 0.25) is 0 Å². The smallest absolute Gasteiger partial charge is 0.270 e. The van der Waals surface area contributed by atoms with E-state index >= 15 is 0 Å². The zero-order valence-electron chi connectivity index (χ0n) is 41.1. The van der Waals surface area contributed by atoms with Gasteiger partial charge in [0.05, 0.1) is 26.7 Å². The molecule has 17 unspecified atom stereocenters. The first-order chi connectivity index (χ1) is 30.8. The summed E-state index contributed by atoms with van der Waals surface area (Å²) in [7, 11) is 15.2. The Kier molecular flexibility index (Phi) is 17.1. The molecule has 12 aliphatic rings. The van der Waals surface area contributed by atoms with Gasteiger partial charge in [-0.25, -0.2) is 0 Å². The standard InChI is InChI=1S/2C13H22O2.2C12H18O.C4H10O3/c1-14-13(15-2)10-6-11-8-3-4-9(5-8)12(11)7-10;1-14-13(15-2)11-6-5-10-8-3-4-9(7-8)12(10)11;1-13-7-8-4-11-9-2-3-10(6-9)12(11)5-8;1-13-7-10-4-5-11-8-2-3-9(6-8)12(10)11;1-5-4(6-2)7-3/h2*8-13H,3-7H2,1-2H3;7,9-12H,2-6H2,1H3;7-9,11-12H,2-6H2,1H3;4H,1-3H3/b;;;10-7+;. The Morgan fingerprint density at radius 2 is 0.857 bits per heavy atom. The van der Waals surface area contributed by atoms with Crippen molar-refractivity contribution >= 4 is 0 Å². The minimum atomic E-state index is -0.514. The Labute approximate surface area is 383 Å². The van der Waals surface area contributed by atoms with Gasteiger partial charge >= 0.3 is 0 Å². The summed E-state index contributed by atoms with van der Waals surface area (Å²) < 4.78 is 45.9. The molecule has 17 atom stereocenters. The molecule has 0 radical (unpaired) electrons. The molecule has 360 valence electrons. The molecule has 0 aromatic carbocycles. The SMILES string of the molecule is CO/C=C1\CCC2C3CCC(C3)C12.COC(OC)C1CC2C3CCC(C3)C2C1.COC(OC)C1CCC2C3CCC(C3)C21.COC(OC)OC.COC=C1CC2C3CCC(C3)C2C1. The van der Waals surface area contributed by atoms with Gasteiger partial charge in [0.1, 0.15) is 0 Å². The summed E-state index contributed by atoms with van der Waals surface area (Å²) in [4.78, 5) is 0. The van der Waals surface area contributed by atoms with Crippen molar-refractivity contribution in [2.24, 2.45) is 107 Å². The quantitative estimate of drug-likeness (QED) is 0.149. The van der Waals surface area contributed by atoms with Crippen molar-refractivity contribution in [1.82, 2.24) is 0 Å². The molecule has 12 fully saturated rings. The molecular weight excluding hydrogens is 793 g/mol. The second-order valence-corrected chi connectivity index (χ2v) is 22.5. The lowest BCUT2D eigenvalue weighted by atomic mass is 9.78. The highest BCUT2D eigenvalue weighted by Gasteiger charge is 2.56. The first kappa shape index (κ1) is 48.3. The monoisotopic (exact) mass is 883 g/mol. The Bertz CT molecular complexity index is 1420. The second kappa shape index (κ2) is 22.3. The second-order valence-electron chi connectivity index (χ2n) is 22.5. The van der Waals surface area contributed by atoms with Crippen LogP contribution >= 0.6 is 0 Å². The fourth-order valence-corrected chi connectivity index (χ4v) is 18.3. The van der Waals surface area contributed by atoms with Gasteiger partial charge < -0.3 is 42.6 Å². The molecule has 0 aromatic heterocycles. The van der Waals surface area contributed by atoms with Crippen LogP contribution in [-0.4, -0.2) is 83.0 Å². The van der Waals surface area contributed by atoms with Gasteiger partial charge in [-0.3, -0.25) is 0 Å². The number of fused-ring (bicyclic) bond motifs is 20. The number of allylic oxidation sites excluding steroid dienone is 2. The highest BCUT2D eigenvalue weighted by atomic mass is 16.8. The summed E-state index contributed by atoms with van der Waals surface area (Å²) in [6.45, 7) is -0.514. The van der Waals surface area contributed by atoms with E-state index in [1.54, 1.807) is 60.2 Å². The number of hydrogen-bond acceptors (Lipinski definition) is 9. The largest absolute Gasteiger partial charge is 0.504 e. The van der Waals surface area contributed by atoms with E-state index in [4.69, 9.17) is 28.4 Å². The molecule has 12 saturated carbocycles. The van der Waals surface area contributed by atoms with E-state index in [-0.39, 0.29) is 12.6 Å². The van der Waals surface area contributed by atoms with Crippen LogP contribution in [0.15, 0.2) is 23.7 Å². The molecule has 9 heteroatoms. The van der Waals surface area contributed by atoms with Crippen molar-refractivity contribution in [1.29, 1.82) is 0 Å². The normalized spacial score (nSPS) is 43.9. The van der Waals surface area contributed by atoms with Gasteiger partial charge in [-0.15, -0.1) is 0 Å².